The second-order valence-electron chi connectivity index (χ2n) is 6.04. The van der Waals surface area contributed by atoms with Crippen molar-refractivity contribution in [2.45, 2.75) is 13.8 Å². The number of para-hydroxylation sites is 1. The second-order valence-corrected chi connectivity index (χ2v) is 6.04. The van der Waals surface area contributed by atoms with E-state index >= 15 is 0 Å². The van der Waals surface area contributed by atoms with Crippen LogP contribution >= 0.6 is 0 Å². The summed E-state index contributed by atoms with van der Waals surface area (Å²) in [7, 11) is 0. The molecule has 8 heteroatoms. The predicted molar refractivity (Wildman–Crippen MR) is 99.1 cm³/mol. The van der Waals surface area contributed by atoms with Crippen molar-refractivity contribution in [1.29, 1.82) is 0 Å². The molecule has 3 heterocycles. The van der Waals surface area contributed by atoms with E-state index in [2.05, 4.69) is 20.4 Å². The summed E-state index contributed by atoms with van der Waals surface area (Å²) < 4.78 is 6.85. The number of anilines is 1. The number of nitrogens with one attached hydrogen (secondary N) is 1. The summed E-state index contributed by atoms with van der Waals surface area (Å²) in [6.45, 7) is 3.78. The van der Waals surface area contributed by atoms with Crippen LogP contribution in [0.1, 0.15) is 21.7 Å². The lowest BCUT2D eigenvalue weighted by atomic mass is 10.2. The molecule has 0 aliphatic rings. The van der Waals surface area contributed by atoms with Crippen molar-refractivity contribution in [2.24, 2.45) is 0 Å². The zero-order chi connectivity index (χ0) is 19.0. The predicted octanol–water partition coefficient (Wildman–Crippen LogP) is 2.64. The molecule has 0 spiro atoms. The highest BCUT2D eigenvalue weighted by Crippen LogP contribution is 2.15. The lowest BCUT2D eigenvalue weighted by Crippen LogP contribution is -2.21. The maximum atomic E-state index is 12.5. The molecule has 0 aliphatic carbocycles. The van der Waals surface area contributed by atoms with Gasteiger partial charge < -0.3 is 9.73 Å². The van der Waals surface area contributed by atoms with Crippen LogP contribution < -0.4 is 10.9 Å². The van der Waals surface area contributed by atoms with Crippen LogP contribution in [-0.2, 0) is 0 Å². The van der Waals surface area contributed by atoms with Crippen LogP contribution in [0.3, 0.4) is 0 Å². The number of hydrogen-bond donors (Lipinski definition) is 1. The van der Waals surface area contributed by atoms with Gasteiger partial charge >= 0.3 is 5.63 Å². The Balaban J connectivity index is 1.66. The molecule has 0 saturated heterocycles. The number of carbonyl (C=O) groups is 1. The minimum absolute atomic E-state index is 0.0972. The summed E-state index contributed by atoms with van der Waals surface area (Å²) in [5, 5.41) is 7.63. The molecule has 1 amide bonds. The molecule has 0 unspecified atom stereocenters. The molecule has 0 saturated carbocycles. The van der Waals surface area contributed by atoms with Gasteiger partial charge in [-0.3, -0.25) is 4.79 Å². The average molecular weight is 361 g/mol. The molecule has 4 rings (SSSR count). The Morgan fingerprint density at radius 3 is 2.70 bits per heavy atom. The van der Waals surface area contributed by atoms with Crippen molar-refractivity contribution in [3.8, 4) is 5.82 Å². The van der Waals surface area contributed by atoms with E-state index in [0.717, 1.165) is 11.4 Å². The van der Waals surface area contributed by atoms with Crippen LogP contribution in [-0.4, -0.2) is 25.7 Å². The first kappa shape index (κ1) is 16.6. The van der Waals surface area contributed by atoms with Crippen molar-refractivity contribution in [1.82, 2.24) is 19.7 Å². The number of fused-ring (bicyclic) bond motifs is 1. The number of aryl methyl sites for hydroxylation is 2. The molecule has 0 atom stereocenters. The fourth-order valence-electron chi connectivity index (χ4n) is 2.80. The van der Waals surface area contributed by atoms with Crippen LogP contribution in [0.5, 0.6) is 0 Å². The van der Waals surface area contributed by atoms with Gasteiger partial charge in [0.2, 0.25) is 0 Å². The number of amides is 1. The summed E-state index contributed by atoms with van der Waals surface area (Å²) >= 11 is 0. The minimum Gasteiger partial charge on any atom is -0.422 e. The molecule has 8 nitrogen and oxygen atoms in total. The number of aromatic nitrogens is 4. The third-order valence-corrected chi connectivity index (χ3v) is 4.01. The van der Waals surface area contributed by atoms with E-state index in [1.807, 2.05) is 19.9 Å². The van der Waals surface area contributed by atoms with E-state index < -0.39 is 11.5 Å². The van der Waals surface area contributed by atoms with Crippen molar-refractivity contribution in [2.75, 3.05) is 5.32 Å². The molecule has 1 aromatic carbocycles. The number of rotatable bonds is 3. The van der Waals surface area contributed by atoms with Crippen LogP contribution in [0.25, 0.3) is 16.8 Å². The van der Waals surface area contributed by atoms with E-state index in [1.165, 1.54) is 12.4 Å². The average Bonchev–Trinajstić information content (AvgIpc) is 2.99. The summed E-state index contributed by atoms with van der Waals surface area (Å²) in [5.74, 6) is 0.161. The maximum Gasteiger partial charge on any atom is 0.349 e. The van der Waals surface area contributed by atoms with Crippen LogP contribution in [0, 0.1) is 13.8 Å². The van der Waals surface area contributed by atoms with Crippen molar-refractivity contribution in [3.05, 3.63) is 76.2 Å². The van der Waals surface area contributed by atoms with E-state index in [0.29, 0.717) is 16.8 Å². The number of nitrogens with zero attached hydrogens (tertiary/aromatic N) is 4. The first-order valence-electron chi connectivity index (χ1n) is 8.21. The molecular weight excluding hydrogens is 346 g/mol. The van der Waals surface area contributed by atoms with Gasteiger partial charge in [-0.05, 0) is 32.0 Å². The molecule has 134 valence electrons. The van der Waals surface area contributed by atoms with Gasteiger partial charge in [0.15, 0.2) is 5.82 Å². The Morgan fingerprint density at radius 2 is 1.93 bits per heavy atom. The second kappa shape index (κ2) is 6.49. The monoisotopic (exact) mass is 361 g/mol. The molecule has 0 bridgehead atoms. The fourth-order valence-corrected chi connectivity index (χ4v) is 2.80. The topological polar surface area (TPSA) is 103 Å². The van der Waals surface area contributed by atoms with Crippen LogP contribution in [0.4, 0.5) is 5.82 Å². The van der Waals surface area contributed by atoms with Gasteiger partial charge in [-0.15, -0.1) is 0 Å². The third kappa shape index (κ3) is 3.20. The molecule has 1 N–H and O–H groups in total. The molecule has 4 aromatic rings. The molecule has 0 radical (unpaired) electrons. The summed E-state index contributed by atoms with van der Waals surface area (Å²) in [6.07, 6.45) is 1.32. The van der Waals surface area contributed by atoms with Crippen molar-refractivity contribution >= 4 is 22.7 Å². The van der Waals surface area contributed by atoms with E-state index in [-0.39, 0.29) is 11.4 Å². The van der Waals surface area contributed by atoms with Gasteiger partial charge in [0.1, 0.15) is 23.3 Å². The maximum absolute atomic E-state index is 12.5. The Kier molecular flexibility index (Phi) is 4.00. The van der Waals surface area contributed by atoms with E-state index in [9.17, 15) is 9.59 Å². The van der Waals surface area contributed by atoms with E-state index in [1.54, 1.807) is 35.0 Å². The molecular formula is C19H15N5O3. The van der Waals surface area contributed by atoms with Gasteiger partial charge in [-0.2, -0.15) is 5.10 Å². The summed E-state index contributed by atoms with van der Waals surface area (Å²) in [5.41, 5.74) is 1.37. The highest BCUT2D eigenvalue weighted by atomic mass is 16.4. The number of hydrogen-bond acceptors (Lipinski definition) is 6. The smallest absolute Gasteiger partial charge is 0.349 e. The Labute approximate surface area is 153 Å². The third-order valence-electron chi connectivity index (χ3n) is 4.01. The zero-order valence-corrected chi connectivity index (χ0v) is 14.6. The fraction of sp³-hybridized carbons (Fsp3) is 0.105. The Hall–Kier alpha value is -3.81. The number of benzene rings is 1. The van der Waals surface area contributed by atoms with Gasteiger partial charge in [0.25, 0.3) is 5.91 Å². The standard InChI is InChI=1S/C19H15N5O3/c1-11-7-12(2)24(23-11)17-9-16(20-10-21-17)22-18(25)14-8-13-5-3-4-6-15(13)27-19(14)26/h3-10H,1-2H3,(H,20,21,22,25). The van der Waals surface area contributed by atoms with Gasteiger partial charge in [-0.25, -0.2) is 19.4 Å². The lowest BCUT2D eigenvalue weighted by Gasteiger charge is -2.07. The highest BCUT2D eigenvalue weighted by molar-refractivity contribution is 6.05. The minimum atomic E-state index is -0.709. The zero-order valence-electron chi connectivity index (χ0n) is 14.6. The number of carbonyl (C=O) groups excluding carboxylic acids is 1. The molecule has 3 aromatic heterocycles. The first-order valence-corrected chi connectivity index (χ1v) is 8.21. The van der Waals surface area contributed by atoms with Crippen molar-refractivity contribution in [3.63, 3.8) is 0 Å². The Bertz CT molecular complexity index is 1230. The first-order chi connectivity index (χ1) is 13.0. The Morgan fingerprint density at radius 1 is 1.11 bits per heavy atom. The van der Waals surface area contributed by atoms with E-state index in [4.69, 9.17) is 4.42 Å². The summed E-state index contributed by atoms with van der Waals surface area (Å²) in [6, 6.07) is 12.0. The summed E-state index contributed by atoms with van der Waals surface area (Å²) in [4.78, 5) is 32.9. The van der Waals surface area contributed by atoms with Crippen LogP contribution in [0.15, 0.2) is 58.0 Å². The quantitative estimate of drug-likeness (QED) is 0.563. The molecule has 0 fully saturated rings. The highest BCUT2D eigenvalue weighted by Gasteiger charge is 2.15. The van der Waals surface area contributed by atoms with Gasteiger partial charge in [0, 0.05) is 17.1 Å². The van der Waals surface area contributed by atoms with Crippen molar-refractivity contribution < 1.29 is 9.21 Å². The van der Waals surface area contributed by atoms with Gasteiger partial charge in [0.05, 0.1) is 5.69 Å². The lowest BCUT2D eigenvalue weighted by molar-refractivity contribution is 0.102. The van der Waals surface area contributed by atoms with Crippen LogP contribution in [0.2, 0.25) is 0 Å². The normalized spacial score (nSPS) is 10.9. The SMILES string of the molecule is Cc1cc(C)n(-c2cc(NC(=O)c3cc4ccccc4oc3=O)ncn2)n1. The molecule has 27 heavy (non-hydrogen) atoms. The molecule has 0 aliphatic heterocycles. The largest absolute Gasteiger partial charge is 0.422 e. The van der Waals surface area contributed by atoms with Gasteiger partial charge in [-0.1, -0.05) is 18.2 Å².